The Kier molecular flexibility index (Phi) is 6.85. The van der Waals surface area contributed by atoms with Gasteiger partial charge < -0.3 is 18.4 Å². The number of aryl methyl sites for hydroxylation is 1. The molecule has 0 aliphatic heterocycles. The maximum atomic E-state index is 13.2. The topological polar surface area (TPSA) is 105 Å². The molecule has 0 aromatic heterocycles. The number of benzene rings is 3. The molecular formula is C23H21ClO8S. The molecule has 174 valence electrons. The molecule has 33 heavy (non-hydrogen) atoms. The first-order valence-corrected chi connectivity index (χ1v) is 11.4. The lowest BCUT2D eigenvalue weighted by molar-refractivity contribution is -0.131. The van der Waals surface area contributed by atoms with Crippen molar-refractivity contribution >= 4 is 44.2 Å². The number of carbonyl (C=O) groups excluding carboxylic acids is 2. The fraction of sp³-hybridized carbons (Fsp3) is 0.217. The van der Waals surface area contributed by atoms with Crippen molar-refractivity contribution in [2.75, 3.05) is 14.2 Å². The van der Waals surface area contributed by atoms with Crippen molar-refractivity contribution in [1.82, 2.24) is 0 Å². The molecule has 0 aliphatic rings. The van der Waals surface area contributed by atoms with Crippen LogP contribution in [0.5, 0.6) is 23.0 Å². The lowest BCUT2D eigenvalue weighted by atomic mass is 10.00. The van der Waals surface area contributed by atoms with E-state index in [0.29, 0.717) is 0 Å². The second kappa shape index (κ2) is 9.29. The monoisotopic (exact) mass is 492 g/mol. The van der Waals surface area contributed by atoms with Crippen LogP contribution in [0.1, 0.15) is 29.8 Å². The number of hydrogen-bond donors (Lipinski definition) is 0. The van der Waals surface area contributed by atoms with Gasteiger partial charge in [-0.25, -0.2) is 0 Å². The first-order chi connectivity index (χ1) is 15.5. The lowest BCUT2D eigenvalue weighted by Gasteiger charge is -2.20. The van der Waals surface area contributed by atoms with Crippen LogP contribution in [0.4, 0.5) is 0 Å². The maximum Gasteiger partial charge on any atom is 0.339 e. The Morgan fingerprint density at radius 2 is 1.55 bits per heavy atom. The number of Topliss-reactive ketones (excluding diaryl/α,β-unsaturated/α-hetero) is 1. The van der Waals surface area contributed by atoms with Gasteiger partial charge in [-0.1, -0.05) is 29.3 Å². The minimum atomic E-state index is -4.41. The molecule has 0 heterocycles. The number of hydrogen-bond acceptors (Lipinski definition) is 8. The zero-order chi connectivity index (χ0) is 24.5. The van der Waals surface area contributed by atoms with Crippen LogP contribution >= 0.6 is 11.6 Å². The number of rotatable bonds is 7. The summed E-state index contributed by atoms with van der Waals surface area (Å²) in [7, 11) is -1.70. The molecule has 0 unspecified atom stereocenters. The molecule has 3 aromatic rings. The smallest absolute Gasteiger partial charge is 0.339 e. The Bertz CT molecular complexity index is 1360. The standard InChI is InChI=1S/C23H21ClO8S/c1-12-6-8-15(9-7-12)33(27,28)32-23-20(13(2)25)19(31-14(3)26)10-16-18(29-4)11-17(24)22(30-5)21(16)23/h6-11H,1-5H3. The van der Waals surface area contributed by atoms with Gasteiger partial charge in [-0.15, -0.1) is 0 Å². The predicted molar refractivity (Wildman–Crippen MR) is 122 cm³/mol. The number of ketones is 1. The molecule has 0 amide bonds. The molecule has 3 aromatic carbocycles. The number of carbonyl (C=O) groups is 2. The van der Waals surface area contributed by atoms with E-state index in [1.54, 1.807) is 19.1 Å². The van der Waals surface area contributed by atoms with Gasteiger partial charge in [0.1, 0.15) is 27.7 Å². The van der Waals surface area contributed by atoms with Crippen molar-refractivity contribution in [2.45, 2.75) is 25.7 Å². The quantitative estimate of drug-likeness (QED) is 0.202. The summed E-state index contributed by atoms with van der Waals surface area (Å²) in [6.45, 7) is 4.14. The van der Waals surface area contributed by atoms with E-state index in [0.717, 1.165) is 12.5 Å². The molecule has 0 aliphatic carbocycles. The molecule has 10 heteroatoms. The Labute approximate surface area is 196 Å². The summed E-state index contributed by atoms with van der Waals surface area (Å²) in [6, 6.07) is 8.79. The van der Waals surface area contributed by atoms with Crippen LogP contribution in [0.15, 0.2) is 41.3 Å². The summed E-state index contributed by atoms with van der Waals surface area (Å²) in [5, 5.41) is 0.418. The minimum absolute atomic E-state index is 0.0541. The predicted octanol–water partition coefficient (Wildman–Crippen LogP) is 4.71. The number of esters is 1. The van der Waals surface area contributed by atoms with Crippen LogP contribution in [0.3, 0.4) is 0 Å². The second-order valence-corrected chi connectivity index (χ2v) is 9.05. The van der Waals surface area contributed by atoms with Gasteiger partial charge in [0, 0.05) is 18.4 Å². The molecule has 0 saturated heterocycles. The molecule has 0 atom stereocenters. The molecule has 0 spiro atoms. The van der Waals surface area contributed by atoms with Crippen molar-refractivity contribution in [1.29, 1.82) is 0 Å². The van der Waals surface area contributed by atoms with Crippen LogP contribution in [-0.2, 0) is 14.9 Å². The van der Waals surface area contributed by atoms with Gasteiger partial charge in [0.2, 0.25) is 0 Å². The van der Waals surface area contributed by atoms with Gasteiger partial charge in [-0.3, -0.25) is 9.59 Å². The van der Waals surface area contributed by atoms with Crippen LogP contribution in [-0.4, -0.2) is 34.4 Å². The number of methoxy groups -OCH3 is 2. The molecule has 3 rings (SSSR count). The summed E-state index contributed by atoms with van der Waals surface area (Å²) in [5.74, 6) is -1.64. The first-order valence-electron chi connectivity index (χ1n) is 9.61. The van der Waals surface area contributed by atoms with Crippen molar-refractivity contribution in [3.63, 3.8) is 0 Å². The Hall–Kier alpha value is -3.30. The fourth-order valence-corrected chi connectivity index (χ4v) is 4.54. The Balaban J connectivity index is 2.47. The number of ether oxygens (including phenoxy) is 3. The van der Waals surface area contributed by atoms with Gasteiger partial charge in [0.25, 0.3) is 0 Å². The molecule has 0 saturated carbocycles. The van der Waals surface area contributed by atoms with Crippen LogP contribution in [0.25, 0.3) is 10.8 Å². The molecule has 0 N–H and O–H groups in total. The van der Waals surface area contributed by atoms with E-state index >= 15 is 0 Å². The van der Waals surface area contributed by atoms with E-state index in [1.165, 1.54) is 45.4 Å². The summed E-state index contributed by atoms with van der Waals surface area (Å²) in [5.41, 5.74) is 0.579. The van der Waals surface area contributed by atoms with Crippen LogP contribution in [0, 0.1) is 6.92 Å². The third-order valence-electron chi connectivity index (χ3n) is 4.75. The third kappa shape index (κ3) is 4.74. The number of halogens is 1. The van der Waals surface area contributed by atoms with Gasteiger partial charge in [0.05, 0.1) is 24.6 Å². The zero-order valence-electron chi connectivity index (χ0n) is 18.5. The van der Waals surface area contributed by atoms with Crippen molar-refractivity contribution in [3.05, 3.63) is 52.5 Å². The maximum absolute atomic E-state index is 13.2. The van der Waals surface area contributed by atoms with E-state index in [-0.39, 0.29) is 43.5 Å². The van der Waals surface area contributed by atoms with E-state index in [2.05, 4.69) is 0 Å². The largest absolute Gasteiger partial charge is 0.496 e. The highest BCUT2D eigenvalue weighted by atomic mass is 35.5. The molecule has 0 radical (unpaired) electrons. The second-order valence-electron chi connectivity index (χ2n) is 7.10. The highest BCUT2D eigenvalue weighted by Crippen LogP contribution is 2.49. The minimum Gasteiger partial charge on any atom is -0.496 e. The van der Waals surface area contributed by atoms with E-state index < -0.39 is 27.6 Å². The average Bonchev–Trinajstić information content (AvgIpc) is 2.73. The fourth-order valence-electron chi connectivity index (χ4n) is 3.32. The van der Waals surface area contributed by atoms with Gasteiger partial charge in [-0.05, 0) is 32.0 Å². The SMILES string of the molecule is COc1cc(Cl)c(OC)c2c(OS(=O)(=O)c3ccc(C)cc3)c(C(C)=O)c(OC(C)=O)cc12. The summed E-state index contributed by atoms with van der Waals surface area (Å²) in [4.78, 5) is 24.2. The third-order valence-corrected chi connectivity index (χ3v) is 6.26. The summed E-state index contributed by atoms with van der Waals surface area (Å²) < 4.78 is 47.9. The normalized spacial score (nSPS) is 11.2. The van der Waals surface area contributed by atoms with E-state index in [1.807, 2.05) is 0 Å². The van der Waals surface area contributed by atoms with Crippen LogP contribution < -0.4 is 18.4 Å². The van der Waals surface area contributed by atoms with Gasteiger partial charge in [-0.2, -0.15) is 8.42 Å². The van der Waals surface area contributed by atoms with E-state index in [4.69, 9.17) is 30.0 Å². The first kappa shape index (κ1) is 24.3. The van der Waals surface area contributed by atoms with Gasteiger partial charge >= 0.3 is 16.1 Å². The van der Waals surface area contributed by atoms with Gasteiger partial charge in [0.15, 0.2) is 11.5 Å². The Morgan fingerprint density at radius 3 is 2.06 bits per heavy atom. The van der Waals surface area contributed by atoms with Crippen molar-refractivity contribution < 1.29 is 36.4 Å². The summed E-state index contributed by atoms with van der Waals surface area (Å²) in [6.07, 6.45) is 0. The highest BCUT2D eigenvalue weighted by Gasteiger charge is 2.30. The highest BCUT2D eigenvalue weighted by molar-refractivity contribution is 7.87. The lowest BCUT2D eigenvalue weighted by Crippen LogP contribution is -2.14. The summed E-state index contributed by atoms with van der Waals surface area (Å²) >= 11 is 6.34. The molecule has 0 bridgehead atoms. The van der Waals surface area contributed by atoms with E-state index in [9.17, 15) is 18.0 Å². The van der Waals surface area contributed by atoms with Crippen molar-refractivity contribution in [3.8, 4) is 23.0 Å². The average molecular weight is 493 g/mol. The molecule has 0 fully saturated rings. The molecular weight excluding hydrogens is 472 g/mol. The van der Waals surface area contributed by atoms with Crippen molar-refractivity contribution in [2.24, 2.45) is 0 Å². The zero-order valence-corrected chi connectivity index (χ0v) is 20.1. The van der Waals surface area contributed by atoms with Crippen LogP contribution in [0.2, 0.25) is 5.02 Å². The molecule has 8 nitrogen and oxygen atoms in total. The number of fused-ring (bicyclic) bond motifs is 1. The Morgan fingerprint density at radius 1 is 0.909 bits per heavy atom.